The zero-order chi connectivity index (χ0) is 20.7. The number of aromatic nitrogens is 2. The first-order chi connectivity index (χ1) is 14.6. The highest BCUT2D eigenvalue weighted by Gasteiger charge is 2.27. The van der Waals surface area contributed by atoms with Crippen LogP contribution >= 0.6 is 22.9 Å². The van der Waals surface area contributed by atoms with Gasteiger partial charge >= 0.3 is 0 Å². The number of hydrogen-bond acceptors (Lipinski definition) is 5. The second kappa shape index (κ2) is 7.89. The van der Waals surface area contributed by atoms with Gasteiger partial charge in [-0.2, -0.15) is 0 Å². The van der Waals surface area contributed by atoms with E-state index in [1.54, 1.807) is 17.7 Å². The molecule has 0 N–H and O–H groups in total. The first kappa shape index (κ1) is 19.3. The molecule has 4 aromatic rings. The predicted molar refractivity (Wildman–Crippen MR) is 128 cm³/mol. The van der Waals surface area contributed by atoms with Crippen molar-refractivity contribution in [1.82, 2.24) is 9.97 Å². The number of thiophene rings is 1. The third kappa shape index (κ3) is 3.53. The van der Waals surface area contributed by atoms with Crippen LogP contribution in [0.5, 0.6) is 0 Å². The zero-order valence-corrected chi connectivity index (χ0v) is 18.6. The van der Waals surface area contributed by atoms with Gasteiger partial charge < -0.3 is 9.80 Å². The van der Waals surface area contributed by atoms with E-state index in [2.05, 4.69) is 70.4 Å². The summed E-state index contributed by atoms with van der Waals surface area (Å²) in [4.78, 5) is 15.2. The van der Waals surface area contributed by atoms with Crippen LogP contribution in [0.3, 0.4) is 0 Å². The van der Waals surface area contributed by atoms with Gasteiger partial charge in [-0.1, -0.05) is 35.9 Å². The van der Waals surface area contributed by atoms with Crippen molar-refractivity contribution in [3.8, 4) is 11.1 Å². The molecule has 2 aromatic heterocycles. The molecule has 30 heavy (non-hydrogen) atoms. The Labute approximate surface area is 185 Å². The minimum atomic E-state index is 0.392. The number of fused-ring (bicyclic) bond motifs is 1. The number of rotatable bonds is 3. The number of nitrogens with zero attached hydrogens (tertiary/aromatic N) is 4. The van der Waals surface area contributed by atoms with Crippen molar-refractivity contribution in [3.63, 3.8) is 0 Å². The fraction of sp³-hybridized carbons (Fsp3) is 0.250. The average Bonchev–Trinajstić information content (AvgIpc) is 3.18. The van der Waals surface area contributed by atoms with E-state index >= 15 is 0 Å². The van der Waals surface area contributed by atoms with Crippen LogP contribution in [0.15, 0.2) is 60.2 Å². The zero-order valence-electron chi connectivity index (χ0n) is 17.0. The molecule has 0 unspecified atom stereocenters. The van der Waals surface area contributed by atoms with Gasteiger partial charge in [-0.25, -0.2) is 9.97 Å². The van der Waals surface area contributed by atoms with Gasteiger partial charge in [0, 0.05) is 47.3 Å². The number of aryl methyl sites for hydroxylation is 1. The number of benzene rings is 2. The number of hydrogen-bond donors (Lipinski definition) is 0. The summed E-state index contributed by atoms with van der Waals surface area (Å²) < 4.78 is 0. The molecule has 0 radical (unpaired) electrons. The summed E-state index contributed by atoms with van der Waals surface area (Å²) in [6.07, 6.45) is 1.69. The number of anilines is 2. The van der Waals surface area contributed by atoms with Gasteiger partial charge in [-0.05, 0) is 49.2 Å². The van der Waals surface area contributed by atoms with Gasteiger partial charge in [0.15, 0.2) is 0 Å². The molecule has 5 rings (SSSR count). The van der Waals surface area contributed by atoms with E-state index in [1.165, 1.54) is 16.8 Å². The lowest BCUT2D eigenvalue weighted by molar-refractivity contribution is 0.548. The Bertz CT molecular complexity index is 1190. The van der Waals surface area contributed by atoms with Crippen molar-refractivity contribution < 1.29 is 0 Å². The fourth-order valence-corrected chi connectivity index (χ4v) is 5.32. The van der Waals surface area contributed by atoms with Crippen LogP contribution in [0.4, 0.5) is 11.5 Å². The summed E-state index contributed by atoms with van der Waals surface area (Å²) in [5, 5.41) is 4.07. The van der Waals surface area contributed by atoms with Crippen LogP contribution in [-0.4, -0.2) is 35.6 Å². The normalized spacial score (nSPS) is 17.0. The molecule has 3 heterocycles. The molecule has 6 heteroatoms. The minimum Gasteiger partial charge on any atom is -0.365 e. The summed E-state index contributed by atoms with van der Waals surface area (Å²) in [6, 6.07) is 17.2. The molecule has 0 spiro atoms. The summed E-state index contributed by atoms with van der Waals surface area (Å²) >= 11 is 7.77. The van der Waals surface area contributed by atoms with Gasteiger partial charge in [-0.3, -0.25) is 0 Å². The van der Waals surface area contributed by atoms with Crippen molar-refractivity contribution in [3.05, 3.63) is 70.8 Å². The molecule has 1 atom stereocenters. The maximum Gasteiger partial charge on any atom is 0.141 e. The van der Waals surface area contributed by atoms with Gasteiger partial charge in [0.25, 0.3) is 0 Å². The van der Waals surface area contributed by atoms with Crippen molar-refractivity contribution in [2.24, 2.45) is 0 Å². The van der Waals surface area contributed by atoms with E-state index in [0.29, 0.717) is 6.04 Å². The molecule has 1 saturated heterocycles. The Hall–Kier alpha value is -2.63. The molecule has 0 aliphatic carbocycles. The SMILES string of the molecule is Cc1cccc(N2CCN(c3ncnc4scc(-c5ccc(Cl)cc5)c34)C[C@H]2C)c1. The number of halogens is 1. The van der Waals surface area contributed by atoms with Gasteiger partial charge in [0.1, 0.15) is 17.0 Å². The fourth-order valence-electron chi connectivity index (χ4n) is 4.28. The summed E-state index contributed by atoms with van der Waals surface area (Å²) in [6.45, 7) is 7.27. The molecule has 0 bridgehead atoms. The van der Waals surface area contributed by atoms with Crippen LogP contribution in [0.1, 0.15) is 12.5 Å². The van der Waals surface area contributed by atoms with Crippen LogP contribution < -0.4 is 9.80 Å². The van der Waals surface area contributed by atoms with Crippen LogP contribution in [0, 0.1) is 6.92 Å². The Morgan fingerprint density at radius 2 is 1.90 bits per heavy atom. The van der Waals surface area contributed by atoms with Crippen LogP contribution in [-0.2, 0) is 0 Å². The van der Waals surface area contributed by atoms with Crippen LogP contribution in [0.2, 0.25) is 5.02 Å². The first-order valence-electron chi connectivity index (χ1n) is 10.2. The monoisotopic (exact) mass is 434 g/mol. The molecule has 1 aliphatic rings. The Morgan fingerprint density at radius 1 is 1.07 bits per heavy atom. The summed E-state index contributed by atoms with van der Waals surface area (Å²) in [5.74, 6) is 1.03. The largest absolute Gasteiger partial charge is 0.365 e. The second-order valence-electron chi connectivity index (χ2n) is 7.86. The third-order valence-corrected chi connectivity index (χ3v) is 6.90. The maximum atomic E-state index is 6.10. The Kier molecular flexibility index (Phi) is 5.09. The summed E-state index contributed by atoms with van der Waals surface area (Å²) in [7, 11) is 0. The van der Waals surface area contributed by atoms with Gasteiger partial charge in [0.2, 0.25) is 0 Å². The molecule has 1 fully saturated rings. The molecule has 0 amide bonds. The molecule has 152 valence electrons. The Balaban J connectivity index is 1.48. The minimum absolute atomic E-state index is 0.392. The highest BCUT2D eigenvalue weighted by atomic mass is 35.5. The van der Waals surface area contributed by atoms with Crippen LogP contribution in [0.25, 0.3) is 21.3 Å². The topological polar surface area (TPSA) is 32.3 Å². The third-order valence-electron chi connectivity index (χ3n) is 5.77. The van der Waals surface area contributed by atoms with E-state index in [4.69, 9.17) is 16.6 Å². The summed E-state index contributed by atoms with van der Waals surface area (Å²) in [5.41, 5.74) is 4.92. The van der Waals surface area contributed by atoms with E-state index in [-0.39, 0.29) is 0 Å². The average molecular weight is 435 g/mol. The maximum absolute atomic E-state index is 6.10. The molecule has 0 saturated carbocycles. The predicted octanol–water partition coefficient (Wildman–Crippen LogP) is 6.04. The molecular weight excluding hydrogens is 412 g/mol. The van der Waals surface area contributed by atoms with Gasteiger partial charge in [0.05, 0.1) is 5.39 Å². The first-order valence-corrected chi connectivity index (χ1v) is 11.4. The highest BCUT2D eigenvalue weighted by molar-refractivity contribution is 7.17. The van der Waals surface area contributed by atoms with E-state index in [1.807, 2.05) is 12.1 Å². The molecular formula is C24H23ClN4S. The van der Waals surface area contributed by atoms with Crippen molar-refractivity contribution in [1.29, 1.82) is 0 Å². The van der Waals surface area contributed by atoms with Crippen molar-refractivity contribution in [2.45, 2.75) is 19.9 Å². The lowest BCUT2D eigenvalue weighted by atomic mass is 10.1. The lowest BCUT2D eigenvalue weighted by Crippen LogP contribution is -2.52. The lowest BCUT2D eigenvalue weighted by Gasteiger charge is -2.42. The number of piperazine rings is 1. The molecule has 4 nitrogen and oxygen atoms in total. The van der Waals surface area contributed by atoms with E-state index < -0.39 is 0 Å². The van der Waals surface area contributed by atoms with Gasteiger partial charge in [-0.15, -0.1) is 11.3 Å². The van der Waals surface area contributed by atoms with Crippen molar-refractivity contribution >= 4 is 44.7 Å². The van der Waals surface area contributed by atoms with Crippen molar-refractivity contribution in [2.75, 3.05) is 29.4 Å². The smallest absolute Gasteiger partial charge is 0.141 e. The Morgan fingerprint density at radius 3 is 2.67 bits per heavy atom. The quantitative estimate of drug-likeness (QED) is 0.393. The second-order valence-corrected chi connectivity index (χ2v) is 9.16. The standard InChI is InChI=1S/C24H23ClN4S/c1-16-4-3-5-20(12-16)29-11-10-28(13-17(29)2)23-22-21(14-30-24(22)27-15-26-23)18-6-8-19(25)9-7-18/h3-9,12,14-15,17H,10-11,13H2,1-2H3/t17-/m1/s1. The molecule has 1 aliphatic heterocycles. The highest BCUT2D eigenvalue weighted by Crippen LogP contribution is 2.39. The van der Waals surface area contributed by atoms with E-state index in [9.17, 15) is 0 Å². The van der Waals surface area contributed by atoms with E-state index in [0.717, 1.165) is 46.3 Å². The molecule has 2 aromatic carbocycles.